The summed E-state index contributed by atoms with van der Waals surface area (Å²) in [6.45, 7) is 3.38. The molecule has 0 spiro atoms. The third-order valence-corrected chi connectivity index (χ3v) is 2.97. The summed E-state index contributed by atoms with van der Waals surface area (Å²) >= 11 is 0. The van der Waals surface area contributed by atoms with E-state index in [2.05, 4.69) is 4.90 Å². The second kappa shape index (κ2) is 5.05. The Morgan fingerprint density at radius 1 is 1.29 bits per heavy atom. The summed E-state index contributed by atoms with van der Waals surface area (Å²) in [5.74, 6) is -0.762. The third kappa shape index (κ3) is 3.10. The molecule has 1 heterocycles. The number of rotatable bonds is 3. The highest BCUT2D eigenvalue weighted by Crippen LogP contribution is 2.18. The number of nitrogens with two attached hydrogens (primary N) is 1. The molecule has 1 aliphatic rings. The summed E-state index contributed by atoms with van der Waals surface area (Å²) in [5, 5.41) is 8.71. The van der Waals surface area contributed by atoms with E-state index < -0.39 is 5.97 Å². The number of nitrogens with zero attached hydrogens (tertiary/aromatic N) is 2. The van der Waals surface area contributed by atoms with Crippen molar-refractivity contribution in [3.8, 4) is 0 Å². The number of hydrogen-bond donors (Lipinski definition) is 2. The first-order valence-corrected chi connectivity index (χ1v) is 5.70. The van der Waals surface area contributed by atoms with Gasteiger partial charge in [-0.3, -0.25) is 9.69 Å². The molecule has 17 heavy (non-hydrogen) atoms. The number of carboxylic acids is 1. The van der Waals surface area contributed by atoms with Gasteiger partial charge in [-0.05, 0) is 18.2 Å². The van der Waals surface area contributed by atoms with Gasteiger partial charge in [0, 0.05) is 37.6 Å². The van der Waals surface area contributed by atoms with Gasteiger partial charge in [0.1, 0.15) is 0 Å². The maximum Gasteiger partial charge on any atom is 0.317 e. The summed E-state index contributed by atoms with van der Waals surface area (Å²) in [6.07, 6.45) is 0. The highest BCUT2D eigenvalue weighted by atomic mass is 16.4. The van der Waals surface area contributed by atoms with Gasteiger partial charge in [-0.2, -0.15) is 0 Å². The maximum absolute atomic E-state index is 10.6. The molecule has 5 heteroatoms. The number of benzene rings is 1. The van der Waals surface area contributed by atoms with Crippen LogP contribution in [0.3, 0.4) is 0 Å². The maximum atomic E-state index is 10.6. The third-order valence-electron chi connectivity index (χ3n) is 2.97. The zero-order chi connectivity index (χ0) is 12.3. The van der Waals surface area contributed by atoms with E-state index in [0.29, 0.717) is 0 Å². The van der Waals surface area contributed by atoms with Crippen LogP contribution < -0.4 is 10.6 Å². The smallest absolute Gasteiger partial charge is 0.317 e. The SMILES string of the molecule is Nc1cccc(N2CCN(CC(=O)O)CC2)c1. The van der Waals surface area contributed by atoms with E-state index in [9.17, 15) is 4.79 Å². The van der Waals surface area contributed by atoms with E-state index in [4.69, 9.17) is 10.8 Å². The molecule has 0 radical (unpaired) electrons. The lowest BCUT2D eigenvalue weighted by Gasteiger charge is -2.35. The molecule has 0 bridgehead atoms. The quantitative estimate of drug-likeness (QED) is 0.746. The first-order valence-electron chi connectivity index (χ1n) is 5.70. The summed E-state index contributed by atoms with van der Waals surface area (Å²) in [5.41, 5.74) is 7.61. The van der Waals surface area contributed by atoms with Crippen LogP contribution in [0, 0.1) is 0 Å². The fourth-order valence-electron chi connectivity index (χ4n) is 2.08. The Morgan fingerprint density at radius 2 is 2.00 bits per heavy atom. The number of carbonyl (C=O) groups is 1. The van der Waals surface area contributed by atoms with Crippen LogP contribution in [0.5, 0.6) is 0 Å². The Labute approximate surface area is 100 Å². The lowest BCUT2D eigenvalue weighted by molar-refractivity contribution is -0.138. The lowest BCUT2D eigenvalue weighted by Crippen LogP contribution is -2.47. The zero-order valence-electron chi connectivity index (χ0n) is 9.67. The zero-order valence-corrected chi connectivity index (χ0v) is 9.67. The first kappa shape index (κ1) is 11.7. The predicted molar refractivity (Wildman–Crippen MR) is 67.1 cm³/mol. The average Bonchev–Trinajstić information content (AvgIpc) is 2.29. The second-order valence-corrected chi connectivity index (χ2v) is 4.25. The van der Waals surface area contributed by atoms with Crippen LogP contribution in [0.4, 0.5) is 11.4 Å². The molecule has 0 aromatic heterocycles. The number of piperazine rings is 1. The topological polar surface area (TPSA) is 69.8 Å². The van der Waals surface area contributed by atoms with Crippen LogP contribution in [0.2, 0.25) is 0 Å². The van der Waals surface area contributed by atoms with Crippen molar-refractivity contribution in [1.82, 2.24) is 4.90 Å². The molecule has 92 valence electrons. The van der Waals surface area contributed by atoms with Gasteiger partial charge in [0.2, 0.25) is 0 Å². The summed E-state index contributed by atoms with van der Waals surface area (Å²) in [4.78, 5) is 14.8. The lowest BCUT2D eigenvalue weighted by atomic mass is 10.2. The molecule has 0 aliphatic carbocycles. The molecule has 0 atom stereocenters. The standard InChI is InChI=1S/C12H17N3O2/c13-10-2-1-3-11(8-10)15-6-4-14(5-7-15)9-12(16)17/h1-3,8H,4-7,9,13H2,(H,16,17). The molecular formula is C12H17N3O2. The van der Waals surface area contributed by atoms with Crippen LogP contribution in [0.25, 0.3) is 0 Å². The van der Waals surface area contributed by atoms with Gasteiger partial charge in [0.05, 0.1) is 6.54 Å². The largest absolute Gasteiger partial charge is 0.480 e. The van der Waals surface area contributed by atoms with Gasteiger partial charge in [-0.15, -0.1) is 0 Å². The summed E-state index contributed by atoms with van der Waals surface area (Å²) < 4.78 is 0. The van der Waals surface area contributed by atoms with E-state index >= 15 is 0 Å². The Bertz CT molecular complexity index is 400. The van der Waals surface area contributed by atoms with E-state index in [-0.39, 0.29) is 6.54 Å². The van der Waals surface area contributed by atoms with Crippen LogP contribution >= 0.6 is 0 Å². The fourth-order valence-corrected chi connectivity index (χ4v) is 2.08. The van der Waals surface area contributed by atoms with Crippen molar-refractivity contribution in [3.63, 3.8) is 0 Å². The van der Waals surface area contributed by atoms with Crippen molar-refractivity contribution < 1.29 is 9.90 Å². The minimum atomic E-state index is -0.762. The molecule has 0 amide bonds. The van der Waals surface area contributed by atoms with E-state index in [1.54, 1.807) is 0 Å². The molecule has 5 nitrogen and oxygen atoms in total. The molecule has 1 aromatic rings. The van der Waals surface area contributed by atoms with Crippen LogP contribution in [-0.4, -0.2) is 48.7 Å². The normalized spacial score (nSPS) is 17.1. The van der Waals surface area contributed by atoms with E-state index in [1.165, 1.54) is 0 Å². The minimum absolute atomic E-state index is 0.130. The number of hydrogen-bond acceptors (Lipinski definition) is 4. The Morgan fingerprint density at radius 3 is 2.59 bits per heavy atom. The van der Waals surface area contributed by atoms with Gasteiger partial charge in [0.25, 0.3) is 0 Å². The molecule has 0 unspecified atom stereocenters. The number of anilines is 2. The molecule has 2 rings (SSSR count). The molecule has 0 saturated carbocycles. The monoisotopic (exact) mass is 235 g/mol. The average molecular weight is 235 g/mol. The highest BCUT2D eigenvalue weighted by Gasteiger charge is 2.18. The predicted octanol–water partition coefficient (Wildman–Crippen LogP) is 0.475. The number of nitrogen functional groups attached to an aromatic ring is 1. The van der Waals surface area contributed by atoms with E-state index in [0.717, 1.165) is 37.6 Å². The van der Waals surface area contributed by atoms with Gasteiger partial charge < -0.3 is 15.7 Å². The Kier molecular flexibility index (Phi) is 3.49. The van der Waals surface area contributed by atoms with Crippen molar-refractivity contribution in [2.75, 3.05) is 43.4 Å². The Hall–Kier alpha value is -1.75. The molecule has 1 fully saturated rings. The van der Waals surface area contributed by atoms with Gasteiger partial charge in [-0.25, -0.2) is 0 Å². The van der Waals surface area contributed by atoms with Gasteiger partial charge >= 0.3 is 5.97 Å². The molecule has 3 N–H and O–H groups in total. The van der Waals surface area contributed by atoms with Crippen molar-refractivity contribution in [2.45, 2.75) is 0 Å². The second-order valence-electron chi connectivity index (χ2n) is 4.25. The highest BCUT2D eigenvalue weighted by molar-refractivity contribution is 5.69. The van der Waals surface area contributed by atoms with Crippen LogP contribution in [-0.2, 0) is 4.79 Å². The molecule has 1 saturated heterocycles. The number of aliphatic carboxylic acids is 1. The summed E-state index contributed by atoms with van der Waals surface area (Å²) in [7, 11) is 0. The fraction of sp³-hybridized carbons (Fsp3) is 0.417. The van der Waals surface area contributed by atoms with Crippen LogP contribution in [0.15, 0.2) is 24.3 Å². The first-order chi connectivity index (χ1) is 8.15. The van der Waals surface area contributed by atoms with Gasteiger partial charge in [-0.1, -0.05) is 6.07 Å². The van der Waals surface area contributed by atoms with Crippen LogP contribution in [0.1, 0.15) is 0 Å². The summed E-state index contributed by atoms with van der Waals surface area (Å²) in [6, 6.07) is 7.79. The molecular weight excluding hydrogens is 218 g/mol. The minimum Gasteiger partial charge on any atom is -0.480 e. The molecule has 1 aliphatic heterocycles. The van der Waals surface area contributed by atoms with Gasteiger partial charge in [0.15, 0.2) is 0 Å². The number of carboxylic acid groups (broad SMARTS) is 1. The van der Waals surface area contributed by atoms with E-state index in [1.807, 2.05) is 29.2 Å². The van der Waals surface area contributed by atoms with Crippen molar-refractivity contribution in [2.24, 2.45) is 0 Å². The van der Waals surface area contributed by atoms with Crippen molar-refractivity contribution in [1.29, 1.82) is 0 Å². The Balaban J connectivity index is 1.93. The molecule has 1 aromatic carbocycles. The van der Waals surface area contributed by atoms with Crippen molar-refractivity contribution in [3.05, 3.63) is 24.3 Å². The van der Waals surface area contributed by atoms with Crippen molar-refractivity contribution >= 4 is 17.3 Å².